The van der Waals surface area contributed by atoms with E-state index in [0.717, 1.165) is 0 Å². The van der Waals surface area contributed by atoms with E-state index in [4.69, 9.17) is 13.5 Å². The molecule has 0 aliphatic heterocycles. The maximum atomic E-state index is 5.90. The molecule has 0 unspecified atom stereocenters. The van der Waals surface area contributed by atoms with E-state index < -0.39 is 30.2 Å². The normalized spacial score (nSPS) is 15.0. The minimum absolute atomic E-state index is 0.330. The van der Waals surface area contributed by atoms with Crippen LogP contribution in [0.15, 0.2) is 18.5 Å². The Labute approximate surface area is 243 Å². The van der Waals surface area contributed by atoms with Crippen LogP contribution in [0, 0.1) is 0 Å². The van der Waals surface area contributed by atoms with Crippen LogP contribution in [0.2, 0.25) is 0 Å². The standard InChI is InChI=1S/C22H62N13P4/c1-22(2,3)24-37(25-36(21-23-4,28(5)6)29(7)8,26-38(30(9)10,31(11)12)32(13)14)27-39(33(15)16,34(17)18)35(19)20/h21,24H,1-20H3/q+1. The number of nitrogens with one attached hydrogen (secondary N) is 1. The van der Waals surface area contributed by atoms with Gasteiger partial charge in [0.1, 0.15) is 0 Å². The van der Waals surface area contributed by atoms with Gasteiger partial charge in [0.2, 0.25) is 15.0 Å². The molecule has 0 saturated heterocycles. The molecule has 0 spiro atoms. The van der Waals surface area contributed by atoms with Crippen molar-refractivity contribution in [3.05, 3.63) is 0 Å². The molecular formula is C22H62N13P4+. The molecule has 234 valence electrons. The Hall–Kier alpha value is 0.430. The quantitative estimate of drug-likeness (QED) is 0.220. The van der Waals surface area contributed by atoms with Gasteiger partial charge in [0.15, 0.2) is 7.36 Å². The molecule has 39 heavy (non-hydrogen) atoms. The second kappa shape index (κ2) is 14.7. The summed E-state index contributed by atoms with van der Waals surface area (Å²) in [6.07, 6.45) is 0. The Morgan fingerprint density at radius 3 is 0.974 bits per heavy atom. The van der Waals surface area contributed by atoms with Gasteiger partial charge in [-0.25, -0.2) is 28.0 Å². The van der Waals surface area contributed by atoms with E-state index in [0.29, 0.717) is 0 Å². The molecule has 0 aliphatic rings. The van der Waals surface area contributed by atoms with Gasteiger partial charge in [-0.3, -0.25) is 14.3 Å². The van der Waals surface area contributed by atoms with Gasteiger partial charge in [0.25, 0.3) is 0 Å². The van der Waals surface area contributed by atoms with Crippen LogP contribution in [0.25, 0.3) is 0 Å². The fourth-order valence-corrected chi connectivity index (χ4v) is 22.6. The highest BCUT2D eigenvalue weighted by atomic mass is 31.3. The first-order valence-corrected chi connectivity index (χ1v) is 19.5. The van der Waals surface area contributed by atoms with Crippen molar-refractivity contribution in [1.29, 1.82) is 0 Å². The number of hydrogen-bond acceptors (Lipinski definition) is 5. The van der Waals surface area contributed by atoms with E-state index >= 15 is 0 Å². The molecule has 0 aromatic carbocycles. The average molecular weight is 633 g/mol. The minimum atomic E-state index is -3.09. The Kier molecular flexibility index (Phi) is 14.9. The van der Waals surface area contributed by atoms with Gasteiger partial charge in [0.05, 0.1) is 11.5 Å². The van der Waals surface area contributed by atoms with Crippen LogP contribution >= 0.6 is 30.2 Å². The van der Waals surface area contributed by atoms with Gasteiger partial charge < -0.3 is 0 Å². The lowest BCUT2D eigenvalue weighted by Gasteiger charge is -2.43. The molecule has 0 aromatic rings. The van der Waals surface area contributed by atoms with E-state index in [9.17, 15) is 0 Å². The zero-order valence-corrected chi connectivity index (χ0v) is 32.3. The largest absolute Gasteiger partial charge is 0.450 e. The zero-order chi connectivity index (χ0) is 31.4. The highest BCUT2D eigenvalue weighted by Gasteiger charge is 2.54. The third kappa shape index (κ3) is 8.73. The van der Waals surface area contributed by atoms with Crippen LogP contribution in [0.4, 0.5) is 0 Å². The summed E-state index contributed by atoms with van der Waals surface area (Å²) in [5, 5.41) is 3.95. The van der Waals surface area contributed by atoms with E-state index in [2.05, 4.69) is 181 Å². The highest BCUT2D eigenvalue weighted by Crippen LogP contribution is 2.80. The summed E-state index contributed by atoms with van der Waals surface area (Å²) in [5.41, 5.74) is -0.330. The van der Waals surface area contributed by atoms with Gasteiger partial charge in [-0.2, -0.15) is 0 Å². The lowest BCUT2D eigenvalue weighted by Crippen LogP contribution is -2.37. The number of rotatable bonds is 13. The summed E-state index contributed by atoms with van der Waals surface area (Å²) in [4.78, 5) is 4.54. The first-order valence-electron chi connectivity index (χ1n) is 12.9. The number of hydrogen-bond donors (Lipinski definition) is 1. The molecule has 0 rings (SSSR count). The van der Waals surface area contributed by atoms with E-state index in [-0.39, 0.29) is 5.54 Å². The molecule has 0 aliphatic carbocycles. The average Bonchev–Trinajstić information content (AvgIpc) is 2.72. The molecule has 0 bridgehead atoms. The van der Waals surface area contributed by atoms with Crippen molar-refractivity contribution in [2.45, 2.75) is 26.3 Å². The molecule has 0 amide bonds. The summed E-state index contributed by atoms with van der Waals surface area (Å²) >= 11 is 0. The summed E-state index contributed by atoms with van der Waals surface area (Å²) in [6, 6.07) is 0. The third-order valence-electron chi connectivity index (χ3n) is 5.90. The van der Waals surface area contributed by atoms with Crippen molar-refractivity contribution in [3.63, 3.8) is 0 Å². The first kappa shape index (κ1) is 39.4. The topological polar surface area (TPSA) is 87.4 Å². The maximum Gasteiger partial charge on any atom is 0.450 e. The fourth-order valence-electron chi connectivity index (χ4n) is 4.62. The maximum absolute atomic E-state index is 5.90. The van der Waals surface area contributed by atoms with Gasteiger partial charge in [-0.05, 0) is 147 Å². The van der Waals surface area contributed by atoms with Crippen LogP contribution in [0.5, 0.6) is 0 Å². The Morgan fingerprint density at radius 1 is 0.513 bits per heavy atom. The van der Waals surface area contributed by atoms with Crippen molar-refractivity contribution in [2.24, 2.45) is 18.5 Å². The second-order valence-corrected chi connectivity index (χ2v) is 25.6. The predicted octanol–water partition coefficient (Wildman–Crippen LogP) is 5.13. The highest BCUT2D eigenvalue weighted by molar-refractivity contribution is 7.88. The van der Waals surface area contributed by atoms with Crippen LogP contribution in [0.3, 0.4) is 0 Å². The smallest absolute Gasteiger partial charge is 0.292 e. The summed E-state index contributed by atoms with van der Waals surface area (Å²) in [7, 11) is 24.9. The van der Waals surface area contributed by atoms with E-state index in [1.54, 1.807) is 0 Å². The van der Waals surface area contributed by atoms with Crippen molar-refractivity contribution >= 4 is 36.2 Å². The zero-order valence-electron chi connectivity index (χ0n) is 28.7. The molecule has 0 radical (unpaired) electrons. The molecule has 0 fully saturated rings. The molecule has 0 saturated carbocycles. The lowest BCUT2D eigenvalue weighted by atomic mass is 10.1. The molecule has 1 N–H and O–H groups in total. The third-order valence-corrected chi connectivity index (χ3v) is 22.2. The predicted molar refractivity (Wildman–Crippen MR) is 182 cm³/mol. The number of aliphatic imine (C=N–C) groups is 1. The Balaban J connectivity index is 9.18. The Morgan fingerprint density at radius 2 is 0.795 bits per heavy atom. The summed E-state index contributed by atoms with van der Waals surface area (Å²) in [5.74, 6) is 2.00. The first-order chi connectivity index (χ1) is 17.4. The van der Waals surface area contributed by atoms with Crippen molar-refractivity contribution in [1.82, 2.24) is 42.5 Å². The minimum Gasteiger partial charge on any atom is -0.292 e. The summed E-state index contributed by atoms with van der Waals surface area (Å²) in [6.45, 7) is 6.51. The lowest BCUT2D eigenvalue weighted by molar-refractivity contribution is 0.471. The summed E-state index contributed by atoms with van der Waals surface area (Å²) < 4.78 is 35.4. The Bertz CT molecular complexity index is 864. The molecule has 0 atom stereocenters. The van der Waals surface area contributed by atoms with Crippen molar-refractivity contribution in [3.8, 4) is 0 Å². The SMILES string of the molecule is CN=CP(=N[P+](N=P(N(C)C)(N(C)C)N(C)C)(N=P(N(C)C)(N(C)C)N(C)C)NC(C)(C)C)(N(C)C)N(C)C. The molecule has 0 heterocycles. The van der Waals surface area contributed by atoms with Gasteiger partial charge >= 0.3 is 7.87 Å². The molecule has 13 nitrogen and oxygen atoms in total. The molecule has 17 heteroatoms. The second-order valence-electron chi connectivity index (χ2n) is 12.0. The van der Waals surface area contributed by atoms with Crippen LogP contribution in [-0.4, -0.2) is 169 Å². The van der Waals surface area contributed by atoms with Crippen molar-refractivity contribution < 1.29 is 0 Å². The van der Waals surface area contributed by atoms with Gasteiger partial charge in [0, 0.05) is 7.05 Å². The van der Waals surface area contributed by atoms with Crippen molar-refractivity contribution in [2.75, 3.05) is 120 Å². The molecular weight excluding hydrogens is 570 g/mol. The van der Waals surface area contributed by atoms with Crippen LogP contribution in [-0.2, 0) is 0 Å². The monoisotopic (exact) mass is 632 g/mol. The van der Waals surface area contributed by atoms with Crippen LogP contribution < -0.4 is 5.09 Å². The van der Waals surface area contributed by atoms with Crippen LogP contribution in [0.1, 0.15) is 20.8 Å². The number of nitrogens with zero attached hydrogens (tertiary/aromatic N) is 12. The molecule has 0 aromatic heterocycles. The fraction of sp³-hybridized carbons (Fsp3) is 0.955. The van der Waals surface area contributed by atoms with E-state index in [1.807, 2.05) is 13.0 Å². The van der Waals surface area contributed by atoms with Gasteiger partial charge in [-0.1, -0.05) is 0 Å². The van der Waals surface area contributed by atoms with E-state index in [1.165, 1.54) is 0 Å². The van der Waals surface area contributed by atoms with Gasteiger partial charge in [-0.15, -0.1) is 5.09 Å².